The van der Waals surface area contributed by atoms with Crippen LogP contribution < -0.4 is 10.6 Å². The number of nitrogens with one attached hydrogen (secondary N) is 2. The maximum absolute atomic E-state index is 3.56. The molecule has 0 aliphatic carbocycles. The molecule has 2 rings (SSSR count). The van der Waals surface area contributed by atoms with Crippen LogP contribution in [-0.2, 0) is 0 Å². The minimum Gasteiger partial charge on any atom is -0.309 e. The lowest BCUT2D eigenvalue weighted by Crippen LogP contribution is -2.57. The van der Waals surface area contributed by atoms with Crippen LogP contribution in [0.2, 0.25) is 0 Å². The van der Waals surface area contributed by atoms with E-state index in [2.05, 4.69) is 54.8 Å². The molecule has 0 spiro atoms. The number of piperazine rings is 1. The highest BCUT2D eigenvalue weighted by atomic mass is 35.5. The topological polar surface area (TPSA) is 24.1 Å². The summed E-state index contributed by atoms with van der Waals surface area (Å²) >= 11 is 0. The van der Waals surface area contributed by atoms with Crippen molar-refractivity contribution in [3.05, 3.63) is 35.9 Å². The molecule has 2 N–H and O–H groups in total. The van der Waals surface area contributed by atoms with Crippen molar-refractivity contribution >= 4 is 12.4 Å². The van der Waals surface area contributed by atoms with Crippen molar-refractivity contribution in [3.63, 3.8) is 0 Å². The maximum atomic E-state index is 3.56. The molecule has 1 aliphatic rings. The van der Waals surface area contributed by atoms with Gasteiger partial charge in [0.2, 0.25) is 0 Å². The summed E-state index contributed by atoms with van der Waals surface area (Å²) in [6.45, 7) is 6.59. The Hall–Kier alpha value is -0.570. The van der Waals surface area contributed by atoms with E-state index >= 15 is 0 Å². The van der Waals surface area contributed by atoms with Gasteiger partial charge in [0.25, 0.3) is 0 Å². The first-order chi connectivity index (χ1) is 6.70. The van der Waals surface area contributed by atoms with Gasteiger partial charge in [0.15, 0.2) is 0 Å². The highest BCUT2D eigenvalue weighted by molar-refractivity contribution is 5.85. The maximum Gasteiger partial charge on any atom is 0.0500 e. The molecule has 1 saturated heterocycles. The van der Waals surface area contributed by atoms with Gasteiger partial charge in [0.1, 0.15) is 0 Å². The lowest BCUT2D eigenvalue weighted by Gasteiger charge is -2.40. The second-order valence-corrected chi connectivity index (χ2v) is 4.45. The molecule has 1 unspecified atom stereocenters. The molecule has 15 heavy (non-hydrogen) atoms. The Balaban J connectivity index is 0.00000112. The van der Waals surface area contributed by atoms with Crippen LogP contribution in [0.3, 0.4) is 0 Å². The van der Waals surface area contributed by atoms with Crippen LogP contribution in [-0.4, -0.2) is 18.6 Å². The second kappa shape index (κ2) is 4.97. The molecule has 0 amide bonds. The Kier molecular flexibility index (Phi) is 4.14. The van der Waals surface area contributed by atoms with Crippen LogP contribution in [0.25, 0.3) is 0 Å². The van der Waals surface area contributed by atoms with Crippen molar-refractivity contribution < 1.29 is 0 Å². The second-order valence-electron chi connectivity index (χ2n) is 4.45. The predicted octanol–water partition coefficient (Wildman–Crippen LogP) is 2.12. The largest absolute Gasteiger partial charge is 0.309 e. The van der Waals surface area contributed by atoms with Gasteiger partial charge in [-0.25, -0.2) is 0 Å². The minimum atomic E-state index is 0. The molecule has 0 bridgehead atoms. The minimum absolute atomic E-state index is 0. The summed E-state index contributed by atoms with van der Waals surface area (Å²) in [5.41, 5.74) is 1.50. The van der Waals surface area contributed by atoms with Crippen molar-refractivity contribution in [2.24, 2.45) is 0 Å². The molecule has 3 heteroatoms. The molecule has 0 radical (unpaired) electrons. The van der Waals surface area contributed by atoms with Crippen LogP contribution >= 0.6 is 12.4 Å². The number of rotatable bonds is 1. The van der Waals surface area contributed by atoms with Gasteiger partial charge in [-0.05, 0) is 19.4 Å². The van der Waals surface area contributed by atoms with Crippen LogP contribution in [0.4, 0.5) is 0 Å². The molecule has 1 heterocycles. The zero-order chi connectivity index (χ0) is 10.0. The van der Waals surface area contributed by atoms with Crippen molar-refractivity contribution in [3.8, 4) is 0 Å². The fraction of sp³-hybridized carbons (Fsp3) is 0.500. The SMILES string of the molecule is CC1(C)NCCNC1c1ccccc1.Cl. The lowest BCUT2D eigenvalue weighted by atomic mass is 9.87. The molecule has 1 aliphatic heterocycles. The van der Waals surface area contributed by atoms with Crippen LogP contribution in [0, 0.1) is 0 Å². The molecular formula is C12H19ClN2. The first-order valence-electron chi connectivity index (χ1n) is 5.23. The lowest BCUT2D eigenvalue weighted by molar-refractivity contribution is 0.239. The van der Waals surface area contributed by atoms with Gasteiger partial charge in [-0.3, -0.25) is 0 Å². The standard InChI is InChI=1S/C12H18N2.ClH/c1-12(2)11(13-8-9-14-12)10-6-4-3-5-7-10;/h3-7,11,13-14H,8-9H2,1-2H3;1H. The van der Waals surface area contributed by atoms with E-state index in [1.165, 1.54) is 5.56 Å². The normalized spacial score (nSPS) is 24.3. The van der Waals surface area contributed by atoms with Gasteiger partial charge < -0.3 is 10.6 Å². The summed E-state index contributed by atoms with van der Waals surface area (Å²) in [7, 11) is 0. The molecule has 1 aromatic rings. The van der Waals surface area contributed by atoms with Gasteiger partial charge in [0, 0.05) is 24.7 Å². The smallest absolute Gasteiger partial charge is 0.0500 e. The zero-order valence-corrected chi connectivity index (χ0v) is 10.1. The van der Waals surface area contributed by atoms with Gasteiger partial charge >= 0.3 is 0 Å². The molecule has 2 nitrogen and oxygen atoms in total. The first-order valence-corrected chi connectivity index (χ1v) is 5.23. The third kappa shape index (κ3) is 2.71. The highest BCUT2D eigenvalue weighted by Crippen LogP contribution is 2.26. The summed E-state index contributed by atoms with van der Waals surface area (Å²) in [4.78, 5) is 0. The van der Waals surface area contributed by atoms with Crippen LogP contribution in [0.1, 0.15) is 25.5 Å². The number of benzene rings is 1. The summed E-state index contributed by atoms with van der Waals surface area (Å²) in [6, 6.07) is 11.0. The van der Waals surface area contributed by atoms with E-state index < -0.39 is 0 Å². The monoisotopic (exact) mass is 226 g/mol. The van der Waals surface area contributed by atoms with Crippen molar-refractivity contribution in [2.45, 2.75) is 25.4 Å². The van der Waals surface area contributed by atoms with Crippen LogP contribution in [0.15, 0.2) is 30.3 Å². The molecule has 1 aromatic carbocycles. The summed E-state index contributed by atoms with van der Waals surface area (Å²) in [6.07, 6.45) is 0. The predicted molar refractivity (Wildman–Crippen MR) is 66.5 cm³/mol. The van der Waals surface area contributed by atoms with E-state index in [0.29, 0.717) is 6.04 Å². The number of hydrogen-bond acceptors (Lipinski definition) is 2. The molecule has 0 saturated carbocycles. The van der Waals surface area contributed by atoms with E-state index in [9.17, 15) is 0 Å². The third-order valence-corrected chi connectivity index (χ3v) is 2.91. The highest BCUT2D eigenvalue weighted by Gasteiger charge is 2.32. The fourth-order valence-corrected chi connectivity index (χ4v) is 2.14. The Morgan fingerprint density at radius 2 is 1.80 bits per heavy atom. The van der Waals surface area contributed by atoms with Crippen molar-refractivity contribution in [1.82, 2.24) is 10.6 Å². The van der Waals surface area contributed by atoms with Crippen molar-refractivity contribution in [2.75, 3.05) is 13.1 Å². The Labute approximate surface area is 97.9 Å². The quantitative estimate of drug-likeness (QED) is 0.767. The number of hydrogen-bond donors (Lipinski definition) is 2. The van der Waals surface area contributed by atoms with E-state index in [1.807, 2.05) is 0 Å². The Morgan fingerprint density at radius 1 is 1.13 bits per heavy atom. The summed E-state index contributed by atoms with van der Waals surface area (Å²) in [5, 5.41) is 7.11. The fourth-order valence-electron chi connectivity index (χ4n) is 2.14. The van der Waals surface area contributed by atoms with E-state index in [0.717, 1.165) is 13.1 Å². The van der Waals surface area contributed by atoms with Crippen LogP contribution in [0.5, 0.6) is 0 Å². The molecule has 0 aromatic heterocycles. The van der Waals surface area contributed by atoms with Crippen molar-refractivity contribution in [1.29, 1.82) is 0 Å². The van der Waals surface area contributed by atoms with E-state index in [1.54, 1.807) is 0 Å². The van der Waals surface area contributed by atoms with Gasteiger partial charge in [0.05, 0.1) is 0 Å². The number of halogens is 1. The van der Waals surface area contributed by atoms with Gasteiger partial charge in [-0.15, -0.1) is 12.4 Å². The average molecular weight is 227 g/mol. The molecule has 1 fully saturated rings. The Morgan fingerprint density at radius 3 is 2.40 bits per heavy atom. The summed E-state index contributed by atoms with van der Waals surface area (Å²) in [5.74, 6) is 0. The molecule has 1 atom stereocenters. The Bertz CT molecular complexity index is 298. The third-order valence-electron chi connectivity index (χ3n) is 2.91. The first kappa shape index (κ1) is 12.5. The summed E-state index contributed by atoms with van der Waals surface area (Å²) < 4.78 is 0. The van der Waals surface area contributed by atoms with Gasteiger partial charge in [-0.1, -0.05) is 30.3 Å². The molecular weight excluding hydrogens is 208 g/mol. The average Bonchev–Trinajstić information content (AvgIpc) is 2.18. The molecule has 84 valence electrons. The zero-order valence-electron chi connectivity index (χ0n) is 9.29. The van der Waals surface area contributed by atoms with Gasteiger partial charge in [-0.2, -0.15) is 0 Å². The van der Waals surface area contributed by atoms with E-state index in [-0.39, 0.29) is 17.9 Å². The van der Waals surface area contributed by atoms with E-state index in [4.69, 9.17) is 0 Å².